The van der Waals surface area contributed by atoms with Gasteiger partial charge in [0, 0.05) is 17.6 Å². The van der Waals surface area contributed by atoms with Gasteiger partial charge in [0.15, 0.2) is 0 Å². The van der Waals surface area contributed by atoms with E-state index in [1.165, 1.54) is 6.20 Å². The maximum Gasteiger partial charge on any atom is 0.267 e. The number of carbonyl (C=O) groups excluding carboxylic acids is 1. The SMILES string of the molecule is Cc1ccc(N/C=C(/C#N)C(=O)Nc2cccc(C)c2C)cn1. The van der Waals surface area contributed by atoms with Gasteiger partial charge >= 0.3 is 0 Å². The molecule has 1 heterocycles. The van der Waals surface area contributed by atoms with E-state index in [2.05, 4.69) is 15.6 Å². The molecule has 0 aliphatic rings. The van der Waals surface area contributed by atoms with Gasteiger partial charge in [-0.15, -0.1) is 0 Å². The highest BCUT2D eigenvalue weighted by Gasteiger charge is 2.11. The molecule has 0 bridgehead atoms. The first-order valence-corrected chi connectivity index (χ1v) is 7.18. The zero-order chi connectivity index (χ0) is 16.8. The Balaban J connectivity index is 2.12. The lowest BCUT2D eigenvalue weighted by Gasteiger charge is -2.10. The van der Waals surface area contributed by atoms with Gasteiger partial charge in [-0.2, -0.15) is 5.26 Å². The number of nitriles is 1. The van der Waals surface area contributed by atoms with Crippen LogP contribution in [0.3, 0.4) is 0 Å². The van der Waals surface area contributed by atoms with E-state index in [4.69, 9.17) is 0 Å². The third kappa shape index (κ3) is 4.17. The number of nitrogens with zero attached hydrogens (tertiary/aromatic N) is 2. The summed E-state index contributed by atoms with van der Waals surface area (Å²) in [6, 6.07) is 11.2. The molecule has 0 aliphatic carbocycles. The quantitative estimate of drug-likeness (QED) is 0.670. The molecule has 23 heavy (non-hydrogen) atoms. The van der Waals surface area contributed by atoms with Gasteiger partial charge in [-0.05, 0) is 50.1 Å². The van der Waals surface area contributed by atoms with Crippen LogP contribution >= 0.6 is 0 Å². The number of hydrogen-bond acceptors (Lipinski definition) is 4. The van der Waals surface area contributed by atoms with Crippen molar-refractivity contribution in [3.05, 3.63) is 65.1 Å². The average Bonchev–Trinajstić information content (AvgIpc) is 2.54. The fourth-order valence-corrected chi connectivity index (χ4v) is 1.93. The highest BCUT2D eigenvalue weighted by atomic mass is 16.1. The average molecular weight is 306 g/mol. The van der Waals surface area contributed by atoms with Crippen LogP contribution in [0.25, 0.3) is 0 Å². The van der Waals surface area contributed by atoms with E-state index in [9.17, 15) is 10.1 Å². The Bertz CT molecular complexity index is 786. The zero-order valence-electron chi connectivity index (χ0n) is 13.3. The summed E-state index contributed by atoms with van der Waals surface area (Å²) in [5, 5.41) is 14.9. The number of rotatable bonds is 4. The van der Waals surface area contributed by atoms with E-state index in [0.29, 0.717) is 11.4 Å². The molecule has 0 saturated heterocycles. The zero-order valence-corrected chi connectivity index (χ0v) is 13.3. The molecule has 0 radical (unpaired) electrons. The van der Waals surface area contributed by atoms with Crippen molar-refractivity contribution in [2.45, 2.75) is 20.8 Å². The summed E-state index contributed by atoms with van der Waals surface area (Å²) >= 11 is 0. The molecular weight excluding hydrogens is 288 g/mol. The first kappa shape index (κ1) is 16.2. The second-order valence-electron chi connectivity index (χ2n) is 5.20. The van der Waals surface area contributed by atoms with E-state index >= 15 is 0 Å². The molecule has 5 heteroatoms. The fourth-order valence-electron chi connectivity index (χ4n) is 1.93. The second kappa shape index (κ2) is 7.23. The van der Waals surface area contributed by atoms with Crippen molar-refractivity contribution in [3.8, 4) is 6.07 Å². The van der Waals surface area contributed by atoms with E-state index in [1.54, 1.807) is 6.20 Å². The molecule has 116 valence electrons. The number of amides is 1. The van der Waals surface area contributed by atoms with Crippen molar-refractivity contribution in [1.82, 2.24) is 4.98 Å². The van der Waals surface area contributed by atoms with E-state index in [-0.39, 0.29) is 5.57 Å². The Kier molecular flexibility index (Phi) is 5.11. The number of anilines is 2. The van der Waals surface area contributed by atoms with Crippen LogP contribution in [0.1, 0.15) is 16.8 Å². The van der Waals surface area contributed by atoms with E-state index in [1.807, 2.05) is 57.2 Å². The molecule has 0 atom stereocenters. The number of pyridine rings is 1. The summed E-state index contributed by atoms with van der Waals surface area (Å²) in [6.45, 7) is 5.78. The molecule has 5 nitrogen and oxygen atoms in total. The summed E-state index contributed by atoms with van der Waals surface area (Å²) in [4.78, 5) is 16.4. The van der Waals surface area contributed by atoms with Crippen LogP contribution in [0.4, 0.5) is 11.4 Å². The third-order valence-electron chi connectivity index (χ3n) is 3.51. The van der Waals surface area contributed by atoms with Crippen LogP contribution in [-0.2, 0) is 4.79 Å². The van der Waals surface area contributed by atoms with E-state index < -0.39 is 5.91 Å². The van der Waals surface area contributed by atoms with Gasteiger partial charge in [0.2, 0.25) is 0 Å². The molecule has 0 fully saturated rings. The van der Waals surface area contributed by atoms with Gasteiger partial charge in [0.1, 0.15) is 11.6 Å². The summed E-state index contributed by atoms with van der Waals surface area (Å²) in [5.74, 6) is -0.450. The molecule has 0 saturated carbocycles. The van der Waals surface area contributed by atoms with Crippen LogP contribution in [-0.4, -0.2) is 10.9 Å². The maximum absolute atomic E-state index is 12.2. The summed E-state index contributed by atoms with van der Waals surface area (Å²) in [7, 11) is 0. The van der Waals surface area contributed by atoms with Crippen LogP contribution in [0, 0.1) is 32.1 Å². The van der Waals surface area contributed by atoms with Crippen LogP contribution < -0.4 is 10.6 Å². The molecule has 0 aliphatic heterocycles. The number of benzene rings is 1. The van der Waals surface area contributed by atoms with Gasteiger partial charge in [-0.3, -0.25) is 9.78 Å². The van der Waals surface area contributed by atoms with Crippen molar-refractivity contribution >= 4 is 17.3 Å². The Morgan fingerprint density at radius 3 is 2.65 bits per heavy atom. The first-order valence-electron chi connectivity index (χ1n) is 7.18. The predicted octanol–water partition coefficient (Wildman–Crippen LogP) is 3.46. The van der Waals surface area contributed by atoms with Gasteiger partial charge in [0.25, 0.3) is 5.91 Å². The lowest BCUT2D eigenvalue weighted by atomic mass is 10.1. The summed E-state index contributed by atoms with van der Waals surface area (Å²) < 4.78 is 0. The normalized spacial score (nSPS) is 10.8. The number of nitrogens with one attached hydrogen (secondary N) is 2. The number of aryl methyl sites for hydroxylation is 2. The minimum Gasteiger partial charge on any atom is -0.359 e. The summed E-state index contributed by atoms with van der Waals surface area (Å²) in [6.07, 6.45) is 3.02. The Hall–Kier alpha value is -3.13. The van der Waals surface area contributed by atoms with Crippen molar-refractivity contribution < 1.29 is 4.79 Å². The smallest absolute Gasteiger partial charge is 0.267 e. The van der Waals surface area contributed by atoms with Crippen LogP contribution in [0.15, 0.2) is 48.3 Å². The lowest BCUT2D eigenvalue weighted by molar-refractivity contribution is -0.112. The molecule has 0 spiro atoms. The lowest BCUT2D eigenvalue weighted by Crippen LogP contribution is -2.15. The highest BCUT2D eigenvalue weighted by Crippen LogP contribution is 2.18. The molecule has 0 unspecified atom stereocenters. The minimum absolute atomic E-state index is 0.00789. The van der Waals surface area contributed by atoms with Crippen molar-refractivity contribution in [1.29, 1.82) is 5.26 Å². The molecular formula is C18H18N4O. The van der Waals surface area contributed by atoms with Gasteiger partial charge in [0.05, 0.1) is 11.9 Å². The first-order chi connectivity index (χ1) is 11.0. The minimum atomic E-state index is -0.450. The van der Waals surface area contributed by atoms with Crippen molar-refractivity contribution in [3.63, 3.8) is 0 Å². The van der Waals surface area contributed by atoms with Gasteiger partial charge in [-0.25, -0.2) is 0 Å². The molecule has 1 amide bonds. The van der Waals surface area contributed by atoms with Gasteiger partial charge in [-0.1, -0.05) is 12.1 Å². The van der Waals surface area contributed by atoms with E-state index in [0.717, 1.165) is 16.8 Å². The largest absolute Gasteiger partial charge is 0.359 e. The standard InChI is InChI=1S/C18H18N4O/c1-12-5-4-6-17(14(12)3)22-18(23)15(9-19)10-21-16-8-7-13(2)20-11-16/h4-8,10-11,21H,1-3H3,(H,22,23)/b15-10-. The molecule has 2 rings (SSSR count). The van der Waals surface area contributed by atoms with Crippen LogP contribution in [0.5, 0.6) is 0 Å². The van der Waals surface area contributed by atoms with Crippen LogP contribution in [0.2, 0.25) is 0 Å². The molecule has 2 N–H and O–H groups in total. The molecule has 1 aromatic carbocycles. The molecule has 1 aromatic heterocycles. The number of carbonyl (C=O) groups is 1. The predicted molar refractivity (Wildman–Crippen MR) is 90.8 cm³/mol. The highest BCUT2D eigenvalue weighted by molar-refractivity contribution is 6.07. The maximum atomic E-state index is 12.2. The molecule has 2 aromatic rings. The monoisotopic (exact) mass is 306 g/mol. The topological polar surface area (TPSA) is 77.8 Å². The Labute approximate surface area is 135 Å². The summed E-state index contributed by atoms with van der Waals surface area (Å²) in [5.41, 5.74) is 4.36. The fraction of sp³-hybridized carbons (Fsp3) is 0.167. The van der Waals surface area contributed by atoms with Gasteiger partial charge < -0.3 is 10.6 Å². The second-order valence-corrected chi connectivity index (χ2v) is 5.20. The Morgan fingerprint density at radius 1 is 1.22 bits per heavy atom. The van der Waals surface area contributed by atoms with Crippen molar-refractivity contribution in [2.75, 3.05) is 10.6 Å². The van der Waals surface area contributed by atoms with Crippen molar-refractivity contribution in [2.24, 2.45) is 0 Å². The third-order valence-corrected chi connectivity index (χ3v) is 3.51. The number of hydrogen-bond donors (Lipinski definition) is 2. The number of aromatic nitrogens is 1. The Morgan fingerprint density at radius 2 is 2.00 bits per heavy atom.